The number of ether oxygens (including phenoxy) is 1. The molecule has 2 aromatic rings. The monoisotopic (exact) mass is 291 g/mol. The fourth-order valence-corrected chi connectivity index (χ4v) is 2.27. The van der Waals surface area contributed by atoms with E-state index < -0.39 is 0 Å². The molecule has 0 radical (unpaired) electrons. The van der Waals surface area contributed by atoms with Gasteiger partial charge in [-0.25, -0.2) is 4.39 Å². The van der Waals surface area contributed by atoms with Gasteiger partial charge in [-0.15, -0.1) is 0 Å². The zero-order valence-electron chi connectivity index (χ0n) is 12.9. The number of nitrogens with zero attached hydrogens (tertiary/aromatic N) is 2. The van der Waals surface area contributed by atoms with Crippen LogP contribution in [0.4, 0.5) is 4.39 Å². The smallest absolute Gasteiger partial charge is 0.165 e. The van der Waals surface area contributed by atoms with E-state index in [1.807, 2.05) is 30.1 Å². The molecular formula is C16H22FN3O. The van der Waals surface area contributed by atoms with Gasteiger partial charge in [0.25, 0.3) is 0 Å². The van der Waals surface area contributed by atoms with Gasteiger partial charge in [-0.2, -0.15) is 5.10 Å². The Labute approximate surface area is 124 Å². The average Bonchev–Trinajstić information content (AvgIpc) is 2.93. The van der Waals surface area contributed by atoms with Gasteiger partial charge in [0.2, 0.25) is 0 Å². The highest BCUT2D eigenvalue weighted by Crippen LogP contribution is 2.24. The fourth-order valence-electron chi connectivity index (χ4n) is 2.27. The van der Waals surface area contributed by atoms with Crippen molar-refractivity contribution in [1.82, 2.24) is 15.1 Å². The highest BCUT2D eigenvalue weighted by Gasteiger charge is 2.14. The summed E-state index contributed by atoms with van der Waals surface area (Å²) in [6.45, 7) is 4.18. The van der Waals surface area contributed by atoms with E-state index in [0.717, 1.165) is 11.3 Å². The van der Waals surface area contributed by atoms with E-state index in [1.54, 1.807) is 6.07 Å². The van der Waals surface area contributed by atoms with Crippen LogP contribution in [0.25, 0.3) is 0 Å². The topological polar surface area (TPSA) is 39.1 Å². The molecule has 1 atom stereocenters. The normalized spacial score (nSPS) is 12.7. The molecule has 0 spiro atoms. The van der Waals surface area contributed by atoms with Gasteiger partial charge >= 0.3 is 0 Å². The molecule has 2 rings (SSSR count). The average molecular weight is 291 g/mol. The Kier molecular flexibility index (Phi) is 4.96. The van der Waals surface area contributed by atoms with Crippen molar-refractivity contribution in [2.24, 2.45) is 0 Å². The minimum absolute atomic E-state index is 0.0147. The molecule has 1 unspecified atom stereocenters. The number of rotatable bonds is 6. The van der Waals surface area contributed by atoms with Crippen LogP contribution in [0.3, 0.4) is 0 Å². The lowest BCUT2D eigenvalue weighted by Crippen LogP contribution is -2.19. The minimum atomic E-state index is -0.344. The number of hydrogen-bond donors (Lipinski definition) is 1. The third-order valence-corrected chi connectivity index (χ3v) is 3.53. The van der Waals surface area contributed by atoms with Gasteiger partial charge in [-0.1, -0.05) is 6.07 Å². The fraction of sp³-hybridized carbons (Fsp3) is 0.438. The molecule has 4 nitrogen and oxygen atoms in total. The van der Waals surface area contributed by atoms with Crippen LogP contribution in [0.5, 0.6) is 5.75 Å². The summed E-state index contributed by atoms with van der Waals surface area (Å²) in [5.41, 5.74) is 1.87. The summed E-state index contributed by atoms with van der Waals surface area (Å²) in [4.78, 5) is 0. The predicted octanol–water partition coefficient (Wildman–Crippen LogP) is 3.11. The first-order chi connectivity index (χ1) is 10.0. The summed E-state index contributed by atoms with van der Waals surface area (Å²) >= 11 is 0. The quantitative estimate of drug-likeness (QED) is 0.889. The minimum Gasteiger partial charge on any atom is -0.494 e. The molecule has 0 amide bonds. The lowest BCUT2D eigenvalue weighted by Gasteiger charge is -2.16. The molecular weight excluding hydrogens is 269 g/mol. The van der Waals surface area contributed by atoms with Gasteiger partial charge in [0.1, 0.15) is 0 Å². The summed E-state index contributed by atoms with van der Waals surface area (Å²) in [6, 6.07) is 7.40. The van der Waals surface area contributed by atoms with Gasteiger partial charge in [0, 0.05) is 24.7 Å². The molecule has 1 heterocycles. The van der Waals surface area contributed by atoms with E-state index >= 15 is 0 Å². The maximum absolute atomic E-state index is 13.8. The van der Waals surface area contributed by atoms with Crippen LogP contribution < -0.4 is 10.1 Å². The van der Waals surface area contributed by atoms with Crippen LogP contribution in [0.2, 0.25) is 0 Å². The molecule has 1 aromatic carbocycles. The second-order valence-corrected chi connectivity index (χ2v) is 5.32. The van der Waals surface area contributed by atoms with Gasteiger partial charge in [-0.3, -0.25) is 4.68 Å². The van der Waals surface area contributed by atoms with Crippen LogP contribution in [0.15, 0.2) is 30.5 Å². The summed E-state index contributed by atoms with van der Waals surface area (Å²) in [5, 5.41) is 7.75. The highest BCUT2D eigenvalue weighted by atomic mass is 19.1. The maximum Gasteiger partial charge on any atom is 0.165 e. The number of likely N-dealkylation sites (N-methyl/N-ethyl adjacent to an activating group) is 1. The van der Waals surface area contributed by atoms with E-state index in [-0.39, 0.29) is 17.6 Å². The number of aromatic nitrogens is 2. The van der Waals surface area contributed by atoms with Crippen molar-refractivity contribution >= 4 is 0 Å². The molecule has 5 heteroatoms. The maximum atomic E-state index is 13.8. The van der Waals surface area contributed by atoms with Crippen molar-refractivity contribution < 1.29 is 9.13 Å². The van der Waals surface area contributed by atoms with Crippen LogP contribution >= 0.6 is 0 Å². The molecule has 0 bridgehead atoms. The van der Waals surface area contributed by atoms with Gasteiger partial charge < -0.3 is 10.1 Å². The standard InChI is InChI=1S/C16H22FN3O/c1-11(2)20-8-7-13(19-20)10-15(18-3)12-5-6-16(21-4)14(17)9-12/h5-9,11,15,18H,10H2,1-4H3. The van der Waals surface area contributed by atoms with Crippen molar-refractivity contribution in [3.05, 3.63) is 47.5 Å². The Balaban J connectivity index is 2.17. The molecule has 0 aliphatic carbocycles. The highest BCUT2D eigenvalue weighted by molar-refractivity contribution is 5.31. The summed E-state index contributed by atoms with van der Waals surface area (Å²) in [5.74, 6) is -0.0827. The van der Waals surface area contributed by atoms with Crippen molar-refractivity contribution in [2.75, 3.05) is 14.2 Å². The van der Waals surface area contributed by atoms with Gasteiger partial charge in [0.05, 0.1) is 12.8 Å². The van der Waals surface area contributed by atoms with E-state index in [2.05, 4.69) is 24.3 Å². The van der Waals surface area contributed by atoms with E-state index in [4.69, 9.17) is 4.74 Å². The molecule has 0 fully saturated rings. The largest absolute Gasteiger partial charge is 0.494 e. The van der Waals surface area contributed by atoms with Crippen molar-refractivity contribution in [3.63, 3.8) is 0 Å². The number of nitrogens with one attached hydrogen (secondary N) is 1. The Hall–Kier alpha value is -1.88. The number of halogens is 1. The lowest BCUT2D eigenvalue weighted by molar-refractivity contribution is 0.385. The zero-order chi connectivity index (χ0) is 15.4. The van der Waals surface area contributed by atoms with E-state index in [1.165, 1.54) is 13.2 Å². The van der Waals surface area contributed by atoms with Crippen molar-refractivity contribution in [2.45, 2.75) is 32.4 Å². The second kappa shape index (κ2) is 6.72. The molecule has 0 saturated heterocycles. The van der Waals surface area contributed by atoms with Gasteiger partial charge in [-0.05, 0) is 44.7 Å². The zero-order valence-corrected chi connectivity index (χ0v) is 12.9. The van der Waals surface area contributed by atoms with Gasteiger partial charge in [0.15, 0.2) is 11.6 Å². The molecule has 1 N–H and O–H groups in total. The third-order valence-electron chi connectivity index (χ3n) is 3.53. The van der Waals surface area contributed by atoms with Crippen LogP contribution in [-0.4, -0.2) is 23.9 Å². The SMILES string of the molecule is CNC(Cc1ccn(C(C)C)n1)c1ccc(OC)c(F)c1. The first-order valence-electron chi connectivity index (χ1n) is 7.10. The number of hydrogen-bond acceptors (Lipinski definition) is 3. The van der Waals surface area contributed by atoms with Crippen LogP contribution in [-0.2, 0) is 6.42 Å². The molecule has 114 valence electrons. The number of methoxy groups -OCH3 is 1. The lowest BCUT2D eigenvalue weighted by atomic mass is 10.0. The summed E-state index contributed by atoms with van der Waals surface area (Å²) < 4.78 is 20.7. The molecule has 1 aromatic heterocycles. The third kappa shape index (κ3) is 3.61. The molecule has 0 aliphatic heterocycles. The van der Waals surface area contributed by atoms with Crippen molar-refractivity contribution in [3.8, 4) is 5.75 Å². The summed E-state index contributed by atoms with van der Waals surface area (Å²) in [6.07, 6.45) is 2.68. The second-order valence-electron chi connectivity index (χ2n) is 5.32. The van der Waals surface area contributed by atoms with E-state index in [9.17, 15) is 4.39 Å². The van der Waals surface area contributed by atoms with Crippen LogP contribution in [0.1, 0.15) is 37.2 Å². The Morgan fingerprint density at radius 1 is 1.33 bits per heavy atom. The first kappa shape index (κ1) is 15.5. The summed E-state index contributed by atoms with van der Waals surface area (Å²) in [7, 11) is 3.33. The molecule has 0 saturated carbocycles. The molecule has 0 aliphatic rings. The first-order valence-corrected chi connectivity index (χ1v) is 7.10. The Morgan fingerprint density at radius 2 is 2.10 bits per heavy atom. The van der Waals surface area contributed by atoms with Crippen LogP contribution in [0, 0.1) is 5.82 Å². The van der Waals surface area contributed by atoms with Crippen molar-refractivity contribution in [1.29, 1.82) is 0 Å². The number of benzene rings is 1. The predicted molar refractivity (Wildman–Crippen MR) is 81.1 cm³/mol. The Morgan fingerprint density at radius 3 is 2.62 bits per heavy atom. The Bertz CT molecular complexity index is 595. The van der Waals surface area contributed by atoms with E-state index in [0.29, 0.717) is 12.5 Å². The molecule has 21 heavy (non-hydrogen) atoms.